The van der Waals surface area contributed by atoms with Crippen LogP contribution in [0.3, 0.4) is 0 Å². The Morgan fingerprint density at radius 2 is 1.92 bits per heavy atom. The molecule has 1 unspecified atom stereocenters. The molecule has 0 nitrogen and oxygen atoms in total. The Morgan fingerprint density at radius 3 is 2.38 bits per heavy atom. The van der Waals surface area contributed by atoms with Crippen molar-refractivity contribution >= 4 is 11.6 Å². The van der Waals surface area contributed by atoms with E-state index in [1.807, 2.05) is 12.1 Å². The molecule has 13 heavy (non-hydrogen) atoms. The average Bonchev–Trinajstić information content (AvgIpc) is 2.08. The lowest BCUT2D eigenvalue weighted by molar-refractivity contribution is 0.680. The second kappa shape index (κ2) is 4.48. The van der Waals surface area contributed by atoms with Crippen LogP contribution in [0.1, 0.15) is 19.4 Å². The molecule has 1 heteroatoms. The molecule has 1 aromatic rings. The zero-order valence-electron chi connectivity index (χ0n) is 8.18. The van der Waals surface area contributed by atoms with Gasteiger partial charge in [-0.15, -0.1) is 0 Å². The summed E-state index contributed by atoms with van der Waals surface area (Å²) in [5, 5.41) is 0.798. The van der Waals surface area contributed by atoms with Gasteiger partial charge in [0.05, 0.1) is 0 Å². The number of allylic oxidation sites excluding steroid dienone is 1. The van der Waals surface area contributed by atoms with Crippen molar-refractivity contribution < 1.29 is 0 Å². The predicted octanol–water partition coefficient (Wildman–Crippen LogP) is 4.09. The Bertz CT molecular complexity index is 284. The van der Waals surface area contributed by atoms with Gasteiger partial charge in [0.15, 0.2) is 0 Å². The Kier molecular flexibility index (Phi) is 3.56. The first-order valence-corrected chi connectivity index (χ1v) is 4.87. The fraction of sp³-hybridized carbons (Fsp3) is 0.333. The fourth-order valence-electron chi connectivity index (χ4n) is 1.15. The summed E-state index contributed by atoms with van der Waals surface area (Å²) in [6.45, 7) is 8.20. The summed E-state index contributed by atoms with van der Waals surface area (Å²) in [5.41, 5.74) is 2.55. The molecule has 0 aromatic heterocycles. The van der Waals surface area contributed by atoms with Gasteiger partial charge >= 0.3 is 0 Å². The second-order valence-electron chi connectivity index (χ2n) is 3.58. The molecule has 0 spiro atoms. The molecule has 0 aliphatic carbocycles. The molecule has 0 fully saturated rings. The first-order valence-electron chi connectivity index (χ1n) is 4.49. The summed E-state index contributed by atoms with van der Waals surface area (Å²) in [6, 6.07) is 8.01. The lowest BCUT2D eigenvalue weighted by atomic mass is 9.96. The van der Waals surface area contributed by atoms with Crippen molar-refractivity contribution in [1.29, 1.82) is 0 Å². The number of hydrogen-bond acceptors (Lipinski definition) is 0. The smallest absolute Gasteiger partial charge is 0.0406 e. The molecule has 0 amide bonds. The van der Waals surface area contributed by atoms with Gasteiger partial charge in [-0.05, 0) is 37.0 Å². The van der Waals surface area contributed by atoms with E-state index in [9.17, 15) is 0 Å². The van der Waals surface area contributed by atoms with Gasteiger partial charge in [0.1, 0.15) is 0 Å². The van der Waals surface area contributed by atoms with E-state index in [4.69, 9.17) is 11.6 Å². The molecule has 70 valence electrons. The number of benzene rings is 1. The Labute approximate surface area is 85.2 Å². The molecule has 0 aliphatic heterocycles. The van der Waals surface area contributed by atoms with Gasteiger partial charge in [-0.3, -0.25) is 0 Å². The lowest BCUT2D eigenvalue weighted by Gasteiger charge is -2.10. The number of hydrogen-bond donors (Lipinski definition) is 0. The van der Waals surface area contributed by atoms with Crippen molar-refractivity contribution in [3.63, 3.8) is 0 Å². The molecule has 1 atom stereocenters. The van der Waals surface area contributed by atoms with Crippen molar-refractivity contribution in [3.8, 4) is 0 Å². The molecule has 0 bridgehead atoms. The quantitative estimate of drug-likeness (QED) is 0.636. The highest BCUT2D eigenvalue weighted by Crippen LogP contribution is 2.16. The summed E-state index contributed by atoms with van der Waals surface area (Å²) < 4.78 is 0. The Balaban J connectivity index is 2.64. The standard InChI is InChI=1S/C12H15Cl/c1-9(2)10(3)8-11-4-6-12(13)7-5-11/h4-7,10H,1,8H2,2-3H3. The molecule has 0 radical (unpaired) electrons. The normalized spacial score (nSPS) is 12.5. The molecule has 0 saturated heterocycles. The highest BCUT2D eigenvalue weighted by molar-refractivity contribution is 6.30. The molecule has 1 rings (SSSR count). The molecule has 1 aromatic carbocycles. The van der Waals surface area contributed by atoms with Crippen LogP contribution in [-0.2, 0) is 6.42 Å². The van der Waals surface area contributed by atoms with Gasteiger partial charge in [0.25, 0.3) is 0 Å². The van der Waals surface area contributed by atoms with Gasteiger partial charge in [0.2, 0.25) is 0 Å². The SMILES string of the molecule is C=C(C)C(C)Cc1ccc(Cl)cc1. The van der Waals surface area contributed by atoms with Crippen LogP contribution in [0.2, 0.25) is 5.02 Å². The minimum atomic E-state index is 0.543. The predicted molar refractivity (Wildman–Crippen MR) is 59.1 cm³/mol. The first-order chi connectivity index (χ1) is 6.09. The molecule has 0 N–H and O–H groups in total. The average molecular weight is 195 g/mol. The van der Waals surface area contributed by atoms with E-state index < -0.39 is 0 Å². The van der Waals surface area contributed by atoms with Crippen LogP contribution in [0, 0.1) is 5.92 Å². The van der Waals surface area contributed by atoms with Gasteiger partial charge < -0.3 is 0 Å². The zero-order chi connectivity index (χ0) is 9.84. The largest absolute Gasteiger partial charge is 0.0999 e. The summed E-state index contributed by atoms with van der Waals surface area (Å²) >= 11 is 5.79. The minimum Gasteiger partial charge on any atom is -0.0999 e. The van der Waals surface area contributed by atoms with Crippen molar-refractivity contribution in [2.45, 2.75) is 20.3 Å². The zero-order valence-corrected chi connectivity index (χ0v) is 8.93. The van der Waals surface area contributed by atoms with Gasteiger partial charge in [-0.2, -0.15) is 0 Å². The third-order valence-corrected chi connectivity index (χ3v) is 2.55. The van der Waals surface area contributed by atoms with Crippen molar-refractivity contribution in [1.82, 2.24) is 0 Å². The van der Waals surface area contributed by atoms with E-state index in [1.165, 1.54) is 11.1 Å². The number of halogens is 1. The molecule has 0 aliphatic rings. The summed E-state index contributed by atoms with van der Waals surface area (Å²) in [4.78, 5) is 0. The highest BCUT2D eigenvalue weighted by atomic mass is 35.5. The van der Waals surface area contributed by atoms with Gasteiger partial charge in [-0.1, -0.05) is 42.8 Å². The van der Waals surface area contributed by atoms with E-state index in [0.717, 1.165) is 11.4 Å². The fourth-order valence-corrected chi connectivity index (χ4v) is 1.27. The first kappa shape index (κ1) is 10.3. The van der Waals surface area contributed by atoms with Crippen LogP contribution >= 0.6 is 11.6 Å². The maximum absolute atomic E-state index is 5.79. The van der Waals surface area contributed by atoms with Crippen molar-refractivity contribution in [3.05, 3.63) is 47.0 Å². The topological polar surface area (TPSA) is 0 Å². The maximum atomic E-state index is 5.79. The summed E-state index contributed by atoms with van der Waals surface area (Å²) in [6.07, 6.45) is 1.05. The highest BCUT2D eigenvalue weighted by Gasteiger charge is 2.03. The lowest BCUT2D eigenvalue weighted by Crippen LogP contribution is -1.99. The number of rotatable bonds is 3. The van der Waals surface area contributed by atoms with Crippen LogP contribution in [0.5, 0.6) is 0 Å². The van der Waals surface area contributed by atoms with Gasteiger partial charge in [-0.25, -0.2) is 0 Å². The van der Waals surface area contributed by atoms with E-state index in [2.05, 4.69) is 32.6 Å². The molecular weight excluding hydrogens is 180 g/mol. The summed E-state index contributed by atoms with van der Waals surface area (Å²) in [7, 11) is 0. The monoisotopic (exact) mass is 194 g/mol. The Morgan fingerprint density at radius 1 is 1.38 bits per heavy atom. The van der Waals surface area contributed by atoms with Crippen LogP contribution in [-0.4, -0.2) is 0 Å². The van der Waals surface area contributed by atoms with E-state index in [-0.39, 0.29) is 0 Å². The van der Waals surface area contributed by atoms with E-state index in [1.54, 1.807) is 0 Å². The molecular formula is C12H15Cl. The van der Waals surface area contributed by atoms with E-state index >= 15 is 0 Å². The van der Waals surface area contributed by atoms with Crippen LogP contribution < -0.4 is 0 Å². The van der Waals surface area contributed by atoms with E-state index in [0.29, 0.717) is 5.92 Å². The molecule has 0 saturated carbocycles. The minimum absolute atomic E-state index is 0.543. The third kappa shape index (κ3) is 3.23. The Hall–Kier alpha value is -0.750. The third-order valence-electron chi connectivity index (χ3n) is 2.30. The van der Waals surface area contributed by atoms with Crippen molar-refractivity contribution in [2.75, 3.05) is 0 Å². The van der Waals surface area contributed by atoms with Crippen LogP contribution in [0.15, 0.2) is 36.4 Å². The van der Waals surface area contributed by atoms with Crippen LogP contribution in [0.4, 0.5) is 0 Å². The van der Waals surface area contributed by atoms with Gasteiger partial charge in [0, 0.05) is 5.02 Å². The van der Waals surface area contributed by atoms with Crippen LogP contribution in [0.25, 0.3) is 0 Å². The maximum Gasteiger partial charge on any atom is 0.0406 e. The van der Waals surface area contributed by atoms with Crippen molar-refractivity contribution in [2.24, 2.45) is 5.92 Å². The molecule has 0 heterocycles. The second-order valence-corrected chi connectivity index (χ2v) is 4.01. The summed E-state index contributed by atoms with van der Waals surface area (Å²) in [5.74, 6) is 0.543.